The Morgan fingerprint density at radius 3 is 2.66 bits per heavy atom. The fourth-order valence-electron chi connectivity index (χ4n) is 3.73. The number of nitrogens with one attached hydrogen (secondary N) is 2. The van der Waals surface area contributed by atoms with Crippen LogP contribution in [0.2, 0.25) is 5.02 Å². The van der Waals surface area contributed by atoms with Crippen LogP contribution >= 0.6 is 27.5 Å². The van der Waals surface area contributed by atoms with Gasteiger partial charge in [0, 0.05) is 37.9 Å². The molecule has 32 heavy (non-hydrogen) atoms. The fraction of sp³-hybridized carbons (Fsp3) is 0.0417. The normalized spacial score (nSPS) is 15.2. The molecule has 3 aromatic carbocycles. The molecule has 158 valence electrons. The van der Waals surface area contributed by atoms with Crippen molar-refractivity contribution in [3.8, 4) is 0 Å². The Balaban J connectivity index is 1.60. The van der Waals surface area contributed by atoms with Crippen molar-refractivity contribution in [3.63, 3.8) is 0 Å². The molecule has 0 saturated heterocycles. The Hall–Kier alpha value is -3.42. The predicted molar refractivity (Wildman–Crippen MR) is 127 cm³/mol. The minimum atomic E-state index is -0.661. The molecule has 2 amide bonds. The topological polar surface area (TPSA) is 74.3 Å². The zero-order valence-electron chi connectivity index (χ0n) is 16.5. The van der Waals surface area contributed by atoms with Crippen LogP contribution in [0.3, 0.4) is 0 Å². The van der Waals surface area contributed by atoms with E-state index in [1.807, 2.05) is 42.5 Å². The number of amides is 2. The van der Waals surface area contributed by atoms with Crippen molar-refractivity contribution in [2.24, 2.45) is 0 Å². The van der Waals surface area contributed by atoms with E-state index in [0.717, 1.165) is 20.9 Å². The molecule has 8 heteroatoms. The summed E-state index contributed by atoms with van der Waals surface area (Å²) in [7, 11) is 0. The summed E-state index contributed by atoms with van der Waals surface area (Å²) in [5, 5.41) is 6.16. The highest BCUT2D eigenvalue weighted by atomic mass is 79.9. The molecule has 0 aliphatic carbocycles. The van der Waals surface area contributed by atoms with Gasteiger partial charge in [0.2, 0.25) is 0 Å². The summed E-state index contributed by atoms with van der Waals surface area (Å²) >= 11 is 9.36. The number of anilines is 1. The van der Waals surface area contributed by atoms with E-state index in [9.17, 15) is 9.59 Å². The third-order valence-electron chi connectivity index (χ3n) is 5.27. The van der Waals surface area contributed by atoms with Crippen LogP contribution in [0.15, 0.2) is 83.5 Å². The average molecular weight is 508 g/mol. The van der Waals surface area contributed by atoms with Crippen molar-refractivity contribution in [2.45, 2.75) is 6.17 Å². The molecule has 0 unspecified atom stereocenters. The highest BCUT2D eigenvalue weighted by Gasteiger charge is 2.35. The number of hydrazine groups is 1. The molecule has 0 fully saturated rings. The zero-order chi connectivity index (χ0) is 22.2. The van der Waals surface area contributed by atoms with Gasteiger partial charge in [-0.1, -0.05) is 51.8 Å². The first kappa shape index (κ1) is 20.5. The van der Waals surface area contributed by atoms with E-state index in [1.165, 1.54) is 5.01 Å². The smallest absolute Gasteiger partial charge is 0.276 e. The average Bonchev–Trinajstić information content (AvgIpc) is 2.81. The van der Waals surface area contributed by atoms with Gasteiger partial charge in [-0.25, -0.2) is 5.01 Å². The van der Waals surface area contributed by atoms with Crippen molar-refractivity contribution in [1.29, 1.82) is 0 Å². The molecular formula is C24H16BrClN4O2. The Labute approximate surface area is 197 Å². The van der Waals surface area contributed by atoms with Crippen molar-refractivity contribution in [2.75, 3.05) is 5.32 Å². The minimum Gasteiger partial charge on any atom is -0.359 e. The van der Waals surface area contributed by atoms with Crippen molar-refractivity contribution < 1.29 is 9.59 Å². The van der Waals surface area contributed by atoms with Gasteiger partial charge < -0.3 is 5.32 Å². The number of nitrogens with zero attached hydrogens (tertiary/aromatic N) is 2. The first-order valence-electron chi connectivity index (χ1n) is 9.81. The highest BCUT2D eigenvalue weighted by molar-refractivity contribution is 9.10. The van der Waals surface area contributed by atoms with Gasteiger partial charge in [-0.05, 0) is 48.5 Å². The monoisotopic (exact) mass is 506 g/mol. The summed E-state index contributed by atoms with van der Waals surface area (Å²) in [6.07, 6.45) is 1.05. The van der Waals surface area contributed by atoms with Crippen LogP contribution in [-0.4, -0.2) is 21.8 Å². The summed E-state index contributed by atoms with van der Waals surface area (Å²) in [5.74, 6) is -0.756. The maximum atomic E-state index is 13.5. The number of carbonyl (C=O) groups excluding carboxylic acids is 2. The fourth-order valence-corrected chi connectivity index (χ4v) is 4.22. The maximum absolute atomic E-state index is 13.5. The lowest BCUT2D eigenvalue weighted by Gasteiger charge is -2.38. The molecule has 1 aromatic heterocycles. The van der Waals surface area contributed by atoms with E-state index < -0.39 is 12.1 Å². The van der Waals surface area contributed by atoms with Crippen LogP contribution in [0.4, 0.5) is 5.69 Å². The van der Waals surface area contributed by atoms with Crippen LogP contribution in [0.5, 0.6) is 0 Å². The van der Waals surface area contributed by atoms with E-state index in [4.69, 9.17) is 11.6 Å². The number of carbonyl (C=O) groups is 2. The number of benzene rings is 3. The number of aromatic nitrogens is 1. The Morgan fingerprint density at radius 2 is 1.84 bits per heavy atom. The minimum absolute atomic E-state index is 0.333. The van der Waals surface area contributed by atoms with E-state index in [-0.39, 0.29) is 5.91 Å². The lowest BCUT2D eigenvalue weighted by molar-refractivity contribution is 0.0492. The van der Waals surface area contributed by atoms with Gasteiger partial charge >= 0.3 is 0 Å². The molecule has 0 radical (unpaired) electrons. The van der Waals surface area contributed by atoms with E-state index in [1.54, 1.807) is 36.5 Å². The molecule has 1 aliphatic heterocycles. The van der Waals surface area contributed by atoms with E-state index in [2.05, 4.69) is 31.7 Å². The van der Waals surface area contributed by atoms with E-state index in [0.29, 0.717) is 21.8 Å². The van der Waals surface area contributed by atoms with Crippen molar-refractivity contribution in [3.05, 3.63) is 105 Å². The molecule has 0 spiro atoms. The first-order chi connectivity index (χ1) is 15.5. The summed E-state index contributed by atoms with van der Waals surface area (Å²) in [5.41, 5.74) is 5.79. The molecule has 6 nitrogen and oxygen atoms in total. The van der Waals surface area contributed by atoms with Gasteiger partial charge in [-0.2, -0.15) is 0 Å². The summed E-state index contributed by atoms with van der Waals surface area (Å²) in [4.78, 5) is 31.0. The predicted octanol–water partition coefficient (Wildman–Crippen LogP) is 5.56. The molecule has 1 atom stereocenters. The Bertz CT molecular complexity index is 1350. The van der Waals surface area contributed by atoms with Crippen molar-refractivity contribution >= 4 is 55.9 Å². The molecule has 0 bridgehead atoms. The molecule has 4 aromatic rings. The Morgan fingerprint density at radius 1 is 1.06 bits per heavy atom. The Kier molecular flexibility index (Phi) is 5.28. The molecule has 5 rings (SSSR count). The molecule has 2 N–H and O–H groups in total. The summed E-state index contributed by atoms with van der Waals surface area (Å²) < 4.78 is 0.764. The standard InChI is InChI=1S/C24H16BrClN4O2/c25-16-8-11-20-19(13-16)24(32)30(29-23(31)15-6-9-17(26)10-7-15)22(28-20)18-5-1-3-14-4-2-12-27-21(14)18/h1-13,22,28H,(H,29,31)/t22-/m0/s1. The summed E-state index contributed by atoms with van der Waals surface area (Å²) in [6, 6.07) is 21.5. The van der Waals surface area contributed by atoms with Crippen LogP contribution in [0.25, 0.3) is 10.9 Å². The van der Waals surface area contributed by atoms with Crippen molar-refractivity contribution in [1.82, 2.24) is 15.4 Å². The maximum Gasteiger partial charge on any atom is 0.276 e. The quantitative estimate of drug-likeness (QED) is 0.381. The SMILES string of the molecule is O=C(NN1C(=O)c2cc(Br)ccc2N[C@@H]1c1cccc2cccnc12)c1ccc(Cl)cc1. The number of halogens is 2. The van der Waals surface area contributed by atoms with Gasteiger partial charge in [0.15, 0.2) is 6.17 Å². The second kappa shape index (κ2) is 8.26. The second-order valence-corrected chi connectivity index (χ2v) is 8.63. The largest absolute Gasteiger partial charge is 0.359 e. The number of hydrogen-bond donors (Lipinski definition) is 2. The van der Waals surface area contributed by atoms with Gasteiger partial charge in [-0.3, -0.25) is 20.0 Å². The first-order valence-corrected chi connectivity index (χ1v) is 11.0. The number of fused-ring (bicyclic) bond motifs is 2. The van der Waals surface area contributed by atoms with Crippen LogP contribution in [0.1, 0.15) is 32.4 Å². The molecular weight excluding hydrogens is 492 g/mol. The number of pyridine rings is 1. The van der Waals surface area contributed by atoms with Crippen LogP contribution in [-0.2, 0) is 0 Å². The van der Waals surface area contributed by atoms with Gasteiger partial charge in [0.05, 0.1) is 11.1 Å². The lowest BCUT2D eigenvalue weighted by Crippen LogP contribution is -2.53. The zero-order valence-corrected chi connectivity index (χ0v) is 18.9. The van der Waals surface area contributed by atoms with Gasteiger partial charge in [-0.15, -0.1) is 0 Å². The number of para-hydroxylation sites is 1. The lowest BCUT2D eigenvalue weighted by atomic mass is 10.0. The highest BCUT2D eigenvalue weighted by Crippen LogP contribution is 2.35. The van der Waals surface area contributed by atoms with Gasteiger partial charge in [0.25, 0.3) is 11.8 Å². The van der Waals surface area contributed by atoms with Crippen LogP contribution < -0.4 is 10.7 Å². The van der Waals surface area contributed by atoms with Crippen LogP contribution in [0, 0.1) is 0 Å². The molecule has 0 saturated carbocycles. The second-order valence-electron chi connectivity index (χ2n) is 7.28. The molecule has 2 heterocycles. The molecule has 1 aliphatic rings. The summed E-state index contributed by atoms with van der Waals surface area (Å²) in [6.45, 7) is 0. The number of hydrogen-bond acceptors (Lipinski definition) is 4. The van der Waals surface area contributed by atoms with Gasteiger partial charge in [0.1, 0.15) is 0 Å². The van der Waals surface area contributed by atoms with E-state index >= 15 is 0 Å². The third-order valence-corrected chi connectivity index (χ3v) is 6.01. The number of rotatable bonds is 3. The third kappa shape index (κ3) is 3.70.